The minimum atomic E-state index is 0.532. The molecule has 0 aliphatic carbocycles. The summed E-state index contributed by atoms with van der Waals surface area (Å²) in [6.07, 6.45) is 0.978. The Labute approximate surface area is 90.3 Å². The van der Waals surface area contributed by atoms with Gasteiger partial charge in [-0.3, -0.25) is 0 Å². The van der Waals surface area contributed by atoms with Gasteiger partial charge >= 0.3 is 0 Å². The number of hydrogen-bond donors (Lipinski definition) is 0. The van der Waals surface area contributed by atoms with Crippen molar-refractivity contribution in [3.63, 3.8) is 0 Å². The van der Waals surface area contributed by atoms with E-state index in [1.807, 2.05) is 11.8 Å². The molecule has 0 aromatic heterocycles. The first-order chi connectivity index (χ1) is 6.31. The molecule has 0 spiro atoms. The summed E-state index contributed by atoms with van der Waals surface area (Å²) >= 11 is 7.51. The average molecular weight is 227 g/mol. The van der Waals surface area contributed by atoms with E-state index < -0.39 is 0 Å². The molecule has 1 atom stereocenters. The zero-order valence-electron chi connectivity index (χ0n) is 8.42. The van der Waals surface area contributed by atoms with Crippen LogP contribution in [0.4, 0.5) is 0 Å². The van der Waals surface area contributed by atoms with E-state index in [0.717, 1.165) is 32.0 Å². The molecule has 0 aromatic rings. The molecule has 0 fully saturated rings. The van der Waals surface area contributed by atoms with Crippen LogP contribution in [0.25, 0.3) is 0 Å². The van der Waals surface area contributed by atoms with Gasteiger partial charge in [0, 0.05) is 37.2 Å². The highest BCUT2D eigenvalue weighted by atomic mass is 35.5. The second kappa shape index (κ2) is 10.6. The fraction of sp³-hybridized carbons (Fsp3) is 1.00. The van der Waals surface area contributed by atoms with Crippen LogP contribution >= 0.6 is 23.4 Å². The molecule has 0 bridgehead atoms. The third-order valence-corrected chi connectivity index (χ3v) is 3.27. The Bertz CT molecular complexity index is 104. The first kappa shape index (κ1) is 13.6. The van der Waals surface area contributed by atoms with E-state index in [1.165, 1.54) is 0 Å². The zero-order chi connectivity index (χ0) is 9.94. The average Bonchev–Trinajstić information content (AvgIpc) is 2.16. The molecule has 0 aromatic carbocycles. The number of ether oxygens (including phenoxy) is 2. The first-order valence-corrected chi connectivity index (χ1v) is 6.13. The van der Waals surface area contributed by atoms with Crippen LogP contribution in [0.2, 0.25) is 0 Å². The van der Waals surface area contributed by atoms with Crippen molar-refractivity contribution in [3.8, 4) is 0 Å². The summed E-state index contributed by atoms with van der Waals surface area (Å²) in [5.41, 5.74) is 0. The Hall–Kier alpha value is 0.560. The molecular weight excluding hydrogens is 208 g/mol. The third kappa shape index (κ3) is 10.5. The van der Waals surface area contributed by atoms with Gasteiger partial charge in [-0.25, -0.2) is 0 Å². The summed E-state index contributed by atoms with van der Waals surface area (Å²) in [5, 5.41) is 0.532. The molecule has 0 radical (unpaired) electrons. The highest BCUT2D eigenvalue weighted by Crippen LogP contribution is 2.10. The molecule has 0 aliphatic rings. The molecule has 4 heteroatoms. The van der Waals surface area contributed by atoms with Crippen LogP contribution < -0.4 is 0 Å². The van der Waals surface area contributed by atoms with Crippen molar-refractivity contribution in [1.29, 1.82) is 0 Å². The molecule has 0 saturated heterocycles. The standard InChI is InChI=1S/C9H19ClO2S/c1-9(8-10)13-7-6-12-5-3-4-11-2/h9H,3-8H2,1-2H3. The number of halogens is 1. The smallest absolute Gasteiger partial charge is 0.0556 e. The van der Waals surface area contributed by atoms with Crippen LogP contribution in [-0.2, 0) is 9.47 Å². The van der Waals surface area contributed by atoms with Gasteiger partial charge in [0.05, 0.1) is 6.61 Å². The van der Waals surface area contributed by atoms with E-state index in [1.54, 1.807) is 7.11 Å². The lowest BCUT2D eigenvalue weighted by molar-refractivity contribution is 0.113. The molecule has 0 saturated carbocycles. The summed E-state index contributed by atoms with van der Waals surface area (Å²) < 4.78 is 10.3. The van der Waals surface area contributed by atoms with Crippen LogP contribution in [0, 0.1) is 0 Å². The molecule has 0 rings (SSSR count). The van der Waals surface area contributed by atoms with Crippen LogP contribution in [0.15, 0.2) is 0 Å². The van der Waals surface area contributed by atoms with Crippen molar-refractivity contribution in [2.45, 2.75) is 18.6 Å². The van der Waals surface area contributed by atoms with E-state index >= 15 is 0 Å². The van der Waals surface area contributed by atoms with Crippen molar-refractivity contribution in [3.05, 3.63) is 0 Å². The van der Waals surface area contributed by atoms with Gasteiger partial charge in [0.15, 0.2) is 0 Å². The Morgan fingerprint density at radius 3 is 2.69 bits per heavy atom. The van der Waals surface area contributed by atoms with Gasteiger partial charge in [0.25, 0.3) is 0 Å². The van der Waals surface area contributed by atoms with E-state index in [4.69, 9.17) is 21.1 Å². The second-order valence-corrected chi connectivity index (χ2v) is 4.65. The molecule has 1 unspecified atom stereocenters. The van der Waals surface area contributed by atoms with Gasteiger partial charge < -0.3 is 9.47 Å². The molecule has 2 nitrogen and oxygen atoms in total. The molecule has 0 N–H and O–H groups in total. The van der Waals surface area contributed by atoms with E-state index in [-0.39, 0.29) is 0 Å². The summed E-state index contributed by atoms with van der Waals surface area (Å²) in [5.74, 6) is 1.75. The Kier molecular flexibility index (Phi) is 11.1. The number of methoxy groups -OCH3 is 1. The minimum Gasteiger partial charge on any atom is -0.385 e. The lowest BCUT2D eigenvalue weighted by Crippen LogP contribution is -2.05. The third-order valence-electron chi connectivity index (χ3n) is 1.48. The van der Waals surface area contributed by atoms with Gasteiger partial charge in [0.1, 0.15) is 0 Å². The molecular formula is C9H19ClO2S. The highest BCUT2D eigenvalue weighted by molar-refractivity contribution is 7.99. The van der Waals surface area contributed by atoms with Gasteiger partial charge in [-0.05, 0) is 6.42 Å². The fourth-order valence-corrected chi connectivity index (χ4v) is 1.73. The maximum absolute atomic E-state index is 5.66. The van der Waals surface area contributed by atoms with Crippen molar-refractivity contribution >= 4 is 23.4 Å². The first-order valence-electron chi connectivity index (χ1n) is 4.55. The van der Waals surface area contributed by atoms with Crippen molar-refractivity contribution in [1.82, 2.24) is 0 Å². The van der Waals surface area contributed by atoms with Crippen molar-refractivity contribution < 1.29 is 9.47 Å². The number of alkyl halides is 1. The highest BCUT2D eigenvalue weighted by Gasteiger charge is 1.98. The van der Waals surface area contributed by atoms with Crippen LogP contribution in [0.1, 0.15) is 13.3 Å². The summed E-state index contributed by atoms with van der Waals surface area (Å²) in [6.45, 7) is 4.52. The largest absolute Gasteiger partial charge is 0.385 e. The molecule has 0 amide bonds. The SMILES string of the molecule is COCCCOCCSC(C)CCl. The number of thioether (sulfide) groups is 1. The maximum atomic E-state index is 5.66. The van der Waals surface area contributed by atoms with Crippen LogP contribution in [-0.4, -0.2) is 43.8 Å². The van der Waals surface area contributed by atoms with E-state index in [9.17, 15) is 0 Å². The monoisotopic (exact) mass is 226 g/mol. The molecule has 0 aliphatic heterocycles. The topological polar surface area (TPSA) is 18.5 Å². The Balaban J connectivity index is 2.91. The summed E-state index contributed by atoms with van der Waals surface area (Å²) in [4.78, 5) is 0. The second-order valence-electron chi connectivity index (χ2n) is 2.79. The van der Waals surface area contributed by atoms with Gasteiger partial charge in [-0.1, -0.05) is 6.92 Å². The Morgan fingerprint density at radius 1 is 1.31 bits per heavy atom. The quantitative estimate of drug-likeness (QED) is 0.444. The summed E-state index contributed by atoms with van der Waals surface area (Å²) in [6, 6.07) is 0. The van der Waals surface area contributed by atoms with Crippen molar-refractivity contribution in [2.75, 3.05) is 38.6 Å². The molecule has 80 valence electrons. The minimum absolute atomic E-state index is 0.532. The van der Waals surface area contributed by atoms with Crippen LogP contribution in [0.3, 0.4) is 0 Å². The zero-order valence-corrected chi connectivity index (χ0v) is 10.00. The predicted octanol–water partition coefficient (Wildman–Crippen LogP) is 2.40. The Morgan fingerprint density at radius 2 is 2.08 bits per heavy atom. The van der Waals surface area contributed by atoms with Crippen LogP contribution in [0.5, 0.6) is 0 Å². The predicted molar refractivity (Wildman–Crippen MR) is 60.0 cm³/mol. The summed E-state index contributed by atoms with van der Waals surface area (Å²) in [7, 11) is 1.71. The van der Waals surface area contributed by atoms with Crippen molar-refractivity contribution in [2.24, 2.45) is 0 Å². The fourth-order valence-electron chi connectivity index (χ4n) is 0.760. The van der Waals surface area contributed by atoms with Gasteiger partial charge in [0.2, 0.25) is 0 Å². The lowest BCUT2D eigenvalue weighted by Gasteiger charge is -2.07. The number of hydrogen-bond acceptors (Lipinski definition) is 3. The normalized spacial score (nSPS) is 13.2. The maximum Gasteiger partial charge on any atom is 0.0556 e. The van der Waals surface area contributed by atoms with Gasteiger partial charge in [-0.2, -0.15) is 11.8 Å². The van der Waals surface area contributed by atoms with E-state index in [0.29, 0.717) is 11.1 Å². The molecule has 0 heterocycles. The molecule has 13 heavy (non-hydrogen) atoms. The lowest BCUT2D eigenvalue weighted by atomic mass is 10.5. The van der Waals surface area contributed by atoms with Gasteiger partial charge in [-0.15, -0.1) is 11.6 Å². The number of rotatable bonds is 9. The van der Waals surface area contributed by atoms with E-state index in [2.05, 4.69) is 6.92 Å².